The molecule has 11 aromatic rings. The minimum absolute atomic E-state index is 0.119. The van der Waals surface area contributed by atoms with Crippen molar-refractivity contribution in [2.75, 3.05) is 4.90 Å². The van der Waals surface area contributed by atoms with Gasteiger partial charge in [0.25, 0.3) is 0 Å². The highest BCUT2D eigenvalue weighted by Gasteiger charge is 2.50. The maximum atomic E-state index is 9.87. The fourth-order valence-electron chi connectivity index (χ4n) is 10.4. The van der Waals surface area contributed by atoms with E-state index in [1.807, 2.05) is 54.6 Å². The zero-order chi connectivity index (χ0) is 45.3. The van der Waals surface area contributed by atoms with E-state index in [1.165, 1.54) is 0 Å². The molecule has 2 aliphatic carbocycles. The van der Waals surface area contributed by atoms with E-state index < -0.39 is 5.41 Å². The van der Waals surface area contributed by atoms with Crippen molar-refractivity contribution in [3.63, 3.8) is 0 Å². The van der Waals surface area contributed by atoms with Crippen LogP contribution in [0.2, 0.25) is 0 Å². The molecule has 2 nitrogen and oxygen atoms in total. The molecule has 1 heterocycles. The van der Waals surface area contributed by atoms with E-state index in [4.69, 9.17) is 1.37 Å². The van der Waals surface area contributed by atoms with E-state index in [1.54, 1.807) is 0 Å². The monoisotopic (exact) mass is 780 g/mol. The molecule has 0 bridgehead atoms. The summed E-state index contributed by atoms with van der Waals surface area (Å²) in [6, 6.07) is 65.8. The summed E-state index contributed by atoms with van der Waals surface area (Å²) in [5, 5.41) is 2.78. The molecular formula is C59H38N2. The number of rotatable bonds is 5. The van der Waals surface area contributed by atoms with Crippen molar-refractivity contribution in [3.05, 3.63) is 253 Å². The number of nitrogens with zero attached hydrogens (tertiary/aromatic N) is 2. The van der Waals surface area contributed by atoms with E-state index in [-0.39, 0.29) is 41.6 Å². The second-order valence-electron chi connectivity index (χ2n) is 16.0. The number of para-hydroxylation sites is 2. The van der Waals surface area contributed by atoms with Crippen LogP contribution in [-0.4, -0.2) is 4.57 Å². The van der Waals surface area contributed by atoms with Crippen LogP contribution in [-0.2, 0) is 5.41 Å². The minimum Gasteiger partial charge on any atom is -0.310 e. The van der Waals surface area contributed by atoms with Crippen LogP contribution < -0.4 is 4.90 Å². The highest BCUT2D eigenvalue weighted by atomic mass is 15.1. The molecule has 0 atom stereocenters. The van der Waals surface area contributed by atoms with Crippen molar-refractivity contribution in [3.8, 4) is 39.1 Å². The normalized spacial score (nSPS) is 14.4. The van der Waals surface area contributed by atoms with Gasteiger partial charge in [-0.3, -0.25) is 0 Å². The predicted octanol–water partition coefficient (Wildman–Crippen LogP) is 15.4. The van der Waals surface area contributed by atoms with Gasteiger partial charge in [-0.2, -0.15) is 0 Å². The average Bonchev–Trinajstić information content (AvgIpc) is 3.86. The van der Waals surface area contributed by atoms with Crippen LogP contribution in [0.1, 0.15) is 30.5 Å². The SMILES string of the molecule is [2H]c1c([2H])c2c3c(c([2H])c([2H])c([2H])c3c1[2H])C1(c3ccccc3-c3ccccc31)c1cc(N(c3ccc(-c4ccccc4)cc3)c3ccc4c(c3)c3ccccc3n4-c3ccccc3)ccc1-2. The highest BCUT2D eigenvalue weighted by molar-refractivity contribution is 6.11. The zero-order valence-electron chi connectivity index (χ0n) is 38.9. The highest BCUT2D eigenvalue weighted by Crippen LogP contribution is 2.62. The summed E-state index contributed by atoms with van der Waals surface area (Å²) in [5.41, 5.74) is 13.2. The number of aromatic nitrogens is 1. The molecule has 0 saturated heterocycles. The van der Waals surface area contributed by atoms with Gasteiger partial charge in [-0.15, -0.1) is 0 Å². The predicted molar refractivity (Wildman–Crippen MR) is 255 cm³/mol. The largest absolute Gasteiger partial charge is 0.310 e. The third-order valence-electron chi connectivity index (χ3n) is 12.9. The Morgan fingerprint density at radius 1 is 0.393 bits per heavy atom. The van der Waals surface area contributed by atoms with Gasteiger partial charge < -0.3 is 9.47 Å². The molecule has 0 aliphatic heterocycles. The number of anilines is 3. The molecule has 0 unspecified atom stereocenters. The second-order valence-corrected chi connectivity index (χ2v) is 16.0. The quantitative estimate of drug-likeness (QED) is 0.169. The Labute approximate surface area is 363 Å². The lowest BCUT2D eigenvalue weighted by atomic mass is 9.61. The van der Waals surface area contributed by atoms with Gasteiger partial charge in [0.1, 0.15) is 0 Å². The van der Waals surface area contributed by atoms with Crippen LogP contribution in [0.4, 0.5) is 17.1 Å². The van der Waals surface area contributed by atoms with Gasteiger partial charge in [0.2, 0.25) is 0 Å². The van der Waals surface area contributed by atoms with Crippen molar-refractivity contribution in [1.29, 1.82) is 0 Å². The molecule has 0 amide bonds. The summed E-state index contributed by atoms with van der Waals surface area (Å²) in [6.07, 6.45) is 0. The Bertz CT molecular complexity index is 3830. The van der Waals surface area contributed by atoms with E-state index >= 15 is 0 Å². The number of fused-ring (bicyclic) bond motifs is 12. The average molecular weight is 781 g/mol. The standard InChI is InChI=1S/C59H38N2/c1-3-15-39(16-4-1)40-29-31-43(32-30-40)60(44-34-36-57-51(37-44)49-23-9-12-28-56(49)61(57)42-19-5-2-6-20-42)45-33-35-48-50-24-13-17-41-18-14-27-54(58(41)50)59(55(48)38-45)52-25-10-7-21-46(52)47-22-8-11-26-53(47)59/h1-38H/i13D,14D,17D,18D,24D,27D. The first-order valence-electron chi connectivity index (χ1n) is 23.7. The van der Waals surface area contributed by atoms with Crippen LogP contribution in [0.3, 0.4) is 0 Å². The fourth-order valence-corrected chi connectivity index (χ4v) is 10.4. The molecule has 13 rings (SSSR count). The Balaban J connectivity index is 1.14. The maximum absolute atomic E-state index is 9.87. The smallest absolute Gasteiger partial charge is 0.0726 e. The van der Waals surface area contributed by atoms with Crippen LogP contribution in [0.15, 0.2) is 230 Å². The minimum atomic E-state index is -1.18. The van der Waals surface area contributed by atoms with E-state index in [0.717, 1.165) is 83.5 Å². The summed E-state index contributed by atoms with van der Waals surface area (Å²) in [5.74, 6) is 0. The summed E-state index contributed by atoms with van der Waals surface area (Å²) in [4.78, 5) is 2.27. The lowest BCUT2D eigenvalue weighted by Crippen LogP contribution is -2.32. The number of hydrogen-bond donors (Lipinski definition) is 0. The molecule has 1 aromatic heterocycles. The number of benzene rings is 10. The molecule has 2 aliphatic rings. The lowest BCUT2D eigenvalue weighted by molar-refractivity contribution is 0.773. The van der Waals surface area contributed by atoms with Crippen LogP contribution in [0.5, 0.6) is 0 Å². The molecule has 0 radical (unpaired) electrons. The molecule has 61 heavy (non-hydrogen) atoms. The third kappa shape index (κ3) is 4.79. The molecule has 0 N–H and O–H groups in total. The van der Waals surface area contributed by atoms with Crippen molar-refractivity contribution in [2.45, 2.75) is 5.41 Å². The first-order valence-corrected chi connectivity index (χ1v) is 20.7. The second kappa shape index (κ2) is 13.0. The van der Waals surface area contributed by atoms with E-state index in [9.17, 15) is 6.85 Å². The Morgan fingerprint density at radius 2 is 0.967 bits per heavy atom. The van der Waals surface area contributed by atoms with Crippen LogP contribution >= 0.6 is 0 Å². The van der Waals surface area contributed by atoms with Crippen molar-refractivity contribution in [1.82, 2.24) is 4.57 Å². The van der Waals surface area contributed by atoms with Crippen LogP contribution in [0, 0.1) is 0 Å². The molecule has 2 heteroatoms. The molecule has 0 fully saturated rings. The van der Waals surface area contributed by atoms with Crippen molar-refractivity contribution in [2.24, 2.45) is 0 Å². The van der Waals surface area contributed by atoms with Crippen molar-refractivity contribution < 1.29 is 8.22 Å². The van der Waals surface area contributed by atoms with Gasteiger partial charge in [-0.25, -0.2) is 0 Å². The first kappa shape index (κ1) is 28.5. The zero-order valence-corrected chi connectivity index (χ0v) is 32.9. The molecule has 284 valence electrons. The number of hydrogen-bond acceptors (Lipinski definition) is 1. The van der Waals surface area contributed by atoms with Crippen molar-refractivity contribution >= 4 is 49.6 Å². The summed E-state index contributed by atoms with van der Waals surface area (Å²) in [6.45, 7) is 0. The maximum Gasteiger partial charge on any atom is 0.0726 e. The fraction of sp³-hybridized carbons (Fsp3) is 0.0169. The third-order valence-corrected chi connectivity index (χ3v) is 12.9. The molecule has 1 spiro atoms. The molecule has 0 saturated carbocycles. The Morgan fingerprint density at radius 3 is 1.74 bits per heavy atom. The summed E-state index contributed by atoms with van der Waals surface area (Å²) < 4.78 is 58.5. The van der Waals surface area contributed by atoms with Gasteiger partial charge in [0.05, 0.1) is 24.7 Å². The van der Waals surface area contributed by atoms with Gasteiger partial charge in [-0.1, -0.05) is 170 Å². The van der Waals surface area contributed by atoms with Gasteiger partial charge in [0, 0.05) is 33.5 Å². The molecule has 10 aromatic carbocycles. The summed E-state index contributed by atoms with van der Waals surface area (Å²) in [7, 11) is 0. The Kier molecular flexibility index (Phi) is 6.08. The summed E-state index contributed by atoms with van der Waals surface area (Å²) >= 11 is 0. The molecular weight excluding hydrogens is 737 g/mol. The topological polar surface area (TPSA) is 8.17 Å². The van der Waals surface area contributed by atoms with Gasteiger partial charge in [-0.05, 0) is 127 Å². The Hall–Kier alpha value is -7.94. The lowest BCUT2D eigenvalue weighted by Gasteiger charge is -2.40. The first-order chi connectivity index (χ1) is 32.8. The van der Waals surface area contributed by atoms with E-state index in [2.05, 4.69) is 149 Å². The van der Waals surface area contributed by atoms with Gasteiger partial charge >= 0.3 is 0 Å². The van der Waals surface area contributed by atoms with Crippen LogP contribution in [0.25, 0.3) is 71.6 Å². The van der Waals surface area contributed by atoms with E-state index in [0.29, 0.717) is 22.1 Å². The van der Waals surface area contributed by atoms with Gasteiger partial charge in [0.15, 0.2) is 0 Å².